The Morgan fingerprint density at radius 1 is 0.679 bits per heavy atom. The standard InChI is InChI=1S/C25H52NO2/c1-6-9-11-13-14-15-16-17-18-19-20-22-25(27)28-24(8-3)26(4,5)23-21-12-10-7-2/h24H,6-23H2,1-5H3/q+1. The lowest BCUT2D eigenvalue weighted by molar-refractivity contribution is -0.935. The molecule has 0 aromatic rings. The van der Waals surface area contributed by atoms with Gasteiger partial charge in [0.25, 0.3) is 0 Å². The summed E-state index contributed by atoms with van der Waals surface area (Å²) in [5.74, 6) is 0.00234. The number of nitrogens with zero attached hydrogens (tertiary/aromatic N) is 1. The van der Waals surface area contributed by atoms with Crippen LogP contribution < -0.4 is 0 Å². The van der Waals surface area contributed by atoms with Crippen LogP contribution in [0.2, 0.25) is 0 Å². The molecular formula is C25H52NO2+. The van der Waals surface area contributed by atoms with Gasteiger partial charge in [-0.1, -0.05) is 97.8 Å². The van der Waals surface area contributed by atoms with Crippen LogP contribution in [0, 0.1) is 0 Å². The average molecular weight is 399 g/mol. The van der Waals surface area contributed by atoms with Crippen molar-refractivity contribution in [2.45, 2.75) is 136 Å². The molecule has 0 heterocycles. The van der Waals surface area contributed by atoms with Crippen molar-refractivity contribution in [3.8, 4) is 0 Å². The first-order chi connectivity index (χ1) is 13.5. The minimum Gasteiger partial charge on any atom is -0.412 e. The van der Waals surface area contributed by atoms with Crippen LogP contribution in [0.4, 0.5) is 0 Å². The largest absolute Gasteiger partial charge is 0.412 e. The first kappa shape index (κ1) is 27.4. The zero-order valence-electron chi connectivity index (χ0n) is 20.1. The fourth-order valence-electron chi connectivity index (χ4n) is 3.95. The number of ether oxygens (including phenoxy) is 1. The summed E-state index contributed by atoms with van der Waals surface area (Å²) >= 11 is 0. The fourth-order valence-corrected chi connectivity index (χ4v) is 3.95. The minimum absolute atomic E-state index is 0.00170. The summed E-state index contributed by atoms with van der Waals surface area (Å²) in [6.45, 7) is 7.73. The molecule has 3 nitrogen and oxygen atoms in total. The van der Waals surface area contributed by atoms with E-state index in [1.165, 1.54) is 83.5 Å². The number of rotatable bonds is 20. The second-order valence-corrected chi connectivity index (χ2v) is 9.20. The third-order valence-corrected chi connectivity index (χ3v) is 5.97. The zero-order chi connectivity index (χ0) is 21.1. The van der Waals surface area contributed by atoms with E-state index in [0.717, 1.165) is 30.3 Å². The Morgan fingerprint density at radius 3 is 1.57 bits per heavy atom. The van der Waals surface area contributed by atoms with Gasteiger partial charge in [-0.15, -0.1) is 0 Å². The van der Waals surface area contributed by atoms with Crippen molar-refractivity contribution in [2.75, 3.05) is 20.6 Å². The Labute approximate surface area is 177 Å². The molecule has 0 spiro atoms. The Hall–Kier alpha value is -0.570. The van der Waals surface area contributed by atoms with Crippen LogP contribution in [0.15, 0.2) is 0 Å². The Bertz CT molecular complexity index is 354. The van der Waals surface area contributed by atoms with E-state index in [0.29, 0.717) is 6.42 Å². The molecule has 0 saturated heterocycles. The molecule has 0 aliphatic carbocycles. The molecule has 0 saturated carbocycles. The number of hydrogen-bond acceptors (Lipinski definition) is 2. The van der Waals surface area contributed by atoms with Gasteiger partial charge in [0, 0.05) is 12.8 Å². The Balaban J connectivity index is 3.76. The smallest absolute Gasteiger partial charge is 0.310 e. The van der Waals surface area contributed by atoms with Crippen molar-refractivity contribution in [2.24, 2.45) is 0 Å². The van der Waals surface area contributed by atoms with Crippen molar-refractivity contribution in [1.82, 2.24) is 0 Å². The van der Waals surface area contributed by atoms with Gasteiger partial charge in [-0.3, -0.25) is 9.28 Å². The van der Waals surface area contributed by atoms with Gasteiger partial charge in [0.05, 0.1) is 20.6 Å². The number of esters is 1. The molecule has 0 N–H and O–H groups in total. The van der Waals surface area contributed by atoms with E-state index in [9.17, 15) is 4.79 Å². The molecule has 1 unspecified atom stereocenters. The molecular weight excluding hydrogens is 346 g/mol. The van der Waals surface area contributed by atoms with Crippen LogP contribution in [0.3, 0.4) is 0 Å². The van der Waals surface area contributed by atoms with Crippen LogP contribution in [-0.2, 0) is 9.53 Å². The first-order valence-corrected chi connectivity index (χ1v) is 12.5. The van der Waals surface area contributed by atoms with Gasteiger partial charge in [0.15, 0.2) is 0 Å². The van der Waals surface area contributed by atoms with Gasteiger partial charge in [0.1, 0.15) is 0 Å². The quantitative estimate of drug-likeness (QED) is 0.0912. The lowest BCUT2D eigenvalue weighted by atomic mass is 10.1. The summed E-state index contributed by atoms with van der Waals surface area (Å²) in [5, 5.41) is 0. The van der Waals surface area contributed by atoms with Crippen LogP contribution in [-0.4, -0.2) is 37.3 Å². The monoisotopic (exact) mass is 398 g/mol. The molecule has 0 fully saturated rings. The number of carbonyl (C=O) groups is 1. The van der Waals surface area contributed by atoms with Crippen molar-refractivity contribution in [1.29, 1.82) is 0 Å². The molecule has 0 amide bonds. The highest BCUT2D eigenvalue weighted by Crippen LogP contribution is 2.17. The predicted molar refractivity (Wildman–Crippen MR) is 122 cm³/mol. The number of unbranched alkanes of at least 4 members (excludes halogenated alkanes) is 13. The van der Waals surface area contributed by atoms with Crippen LogP contribution in [0.25, 0.3) is 0 Å². The van der Waals surface area contributed by atoms with E-state index in [4.69, 9.17) is 4.74 Å². The zero-order valence-corrected chi connectivity index (χ0v) is 20.1. The Morgan fingerprint density at radius 2 is 1.11 bits per heavy atom. The van der Waals surface area contributed by atoms with Gasteiger partial charge in [-0.2, -0.15) is 0 Å². The molecule has 0 rings (SSSR count). The maximum atomic E-state index is 12.3. The molecule has 0 aliphatic rings. The SMILES string of the molecule is CCCCCCCCCCCCCC(=O)OC(CC)[N+](C)(C)CCCCCC. The van der Waals surface area contributed by atoms with E-state index in [1.807, 2.05) is 0 Å². The van der Waals surface area contributed by atoms with E-state index in [-0.39, 0.29) is 12.2 Å². The summed E-state index contributed by atoms with van der Waals surface area (Å²) in [4.78, 5) is 12.3. The van der Waals surface area contributed by atoms with E-state index < -0.39 is 0 Å². The lowest BCUT2D eigenvalue weighted by Gasteiger charge is -2.36. The third-order valence-electron chi connectivity index (χ3n) is 5.97. The molecule has 0 bridgehead atoms. The Kier molecular flexibility index (Phi) is 18.1. The summed E-state index contributed by atoms with van der Waals surface area (Å²) in [5.41, 5.74) is 0. The molecule has 0 radical (unpaired) electrons. The summed E-state index contributed by atoms with van der Waals surface area (Å²) in [6, 6.07) is 0. The van der Waals surface area contributed by atoms with Crippen molar-refractivity contribution in [3.05, 3.63) is 0 Å². The maximum absolute atomic E-state index is 12.3. The van der Waals surface area contributed by atoms with Gasteiger partial charge in [-0.05, 0) is 19.3 Å². The van der Waals surface area contributed by atoms with Gasteiger partial charge >= 0.3 is 5.97 Å². The summed E-state index contributed by atoms with van der Waals surface area (Å²) in [7, 11) is 4.41. The second-order valence-electron chi connectivity index (χ2n) is 9.20. The molecule has 28 heavy (non-hydrogen) atoms. The van der Waals surface area contributed by atoms with Crippen LogP contribution in [0.5, 0.6) is 0 Å². The third kappa shape index (κ3) is 15.4. The van der Waals surface area contributed by atoms with Gasteiger partial charge in [0.2, 0.25) is 6.23 Å². The predicted octanol–water partition coefficient (Wildman–Crippen LogP) is 7.62. The highest BCUT2D eigenvalue weighted by Gasteiger charge is 2.29. The number of hydrogen-bond donors (Lipinski definition) is 0. The van der Waals surface area contributed by atoms with Crippen molar-refractivity contribution in [3.63, 3.8) is 0 Å². The molecule has 0 aromatic carbocycles. The normalized spacial score (nSPS) is 12.9. The number of quaternary nitrogens is 1. The lowest BCUT2D eigenvalue weighted by Crippen LogP contribution is -2.51. The number of carbonyl (C=O) groups excluding carboxylic acids is 1. The van der Waals surface area contributed by atoms with E-state index >= 15 is 0 Å². The molecule has 0 aromatic heterocycles. The van der Waals surface area contributed by atoms with Crippen LogP contribution in [0.1, 0.15) is 130 Å². The molecule has 0 aliphatic heterocycles. The highest BCUT2D eigenvalue weighted by atomic mass is 16.6. The van der Waals surface area contributed by atoms with Gasteiger partial charge < -0.3 is 4.74 Å². The van der Waals surface area contributed by atoms with Gasteiger partial charge in [-0.25, -0.2) is 0 Å². The molecule has 3 heteroatoms. The molecule has 1 atom stereocenters. The topological polar surface area (TPSA) is 26.3 Å². The van der Waals surface area contributed by atoms with Crippen molar-refractivity contribution < 1.29 is 14.0 Å². The highest BCUT2D eigenvalue weighted by molar-refractivity contribution is 5.69. The summed E-state index contributed by atoms with van der Waals surface area (Å²) in [6.07, 6.45) is 21.0. The maximum Gasteiger partial charge on any atom is 0.310 e. The minimum atomic E-state index is 0.00170. The first-order valence-electron chi connectivity index (χ1n) is 12.5. The fraction of sp³-hybridized carbons (Fsp3) is 0.960. The summed E-state index contributed by atoms with van der Waals surface area (Å²) < 4.78 is 6.64. The van der Waals surface area contributed by atoms with E-state index in [1.54, 1.807) is 0 Å². The van der Waals surface area contributed by atoms with Crippen molar-refractivity contribution >= 4 is 5.97 Å². The molecule has 168 valence electrons. The average Bonchev–Trinajstić information content (AvgIpc) is 2.67. The van der Waals surface area contributed by atoms with E-state index in [2.05, 4.69) is 34.9 Å². The van der Waals surface area contributed by atoms with Crippen LogP contribution >= 0.6 is 0 Å². The second kappa shape index (κ2) is 18.5.